The van der Waals surface area contributed by atoms with Gasteiger partial charge in [0.05, 0.1) is 22.9 Å². The van der Waals surface area contributed by atoms with Gasteiger partial charge >= 0.3 is 0 Å². The van der Waals surface area contributed by atoms with Gasteiger partial charge in [0.2, 0.25) is 0 Å². The van der Waals surface area contributed by atoms with Crippen LogP contribution in [-0.4, -0.2) is 16.2 Å². The molecule has 3 aromatic rings. The van der Waals surface area contributed by atoms with Crippen LogP contribution in [0.3, 0.4) is 0 Å². The maximum Gasteiger partial charge on any atom is 0.0893 e. The van der Waals surface area contributed by atoms with Crippen LogP contribution in [0.5, 0.6) is 0 Å². The van der Waals surface area contributed by atoms with E-state index in [1.165, 1.54) is 0 Å². The molecule has 0 unspecified atom stereocenters. The molecular weight excluding hydrogens is 248 g/mol. The van der Waals surface area contributed by atoms with E-state index in [9.17, 15) is 0 Å². The van der Waals surface area contributed by atoms with Crippen LogP contribution in [0.15, 0.2) is 60.0 Å². The number of fused-ring (bicyclic) bond motifs is 1. The summed E-state index contributed by atoms with van der Waals surface area (Å²) in [5.41, 5.74) is 7.95. The topological polar surface area (TPSA) is 50.2 Å². The molecule has 0 saturated carbocycles. The van der Waals surface area contributed by atoms with Gasteiger partial charge in [-0.25, -0.2) is 0 Å². The minimum Gasteiger partial charge on any atom is -0.278 e. The lowest BCUT2D eigenvalue weighted by molar-refractivity contribution is 1.29. The lowest BCUT2D eigenvalue weighted by Crippen LogP contribution is -1.93. The van der Waals surface area contributed by atoms with Gasteiger partial charge in [-0.05, 0) is 36.2 Å². The summed E-state index contributed by atoms with van der Waals surface area (Å²) < 4.78 is 0. The van der Waals surface area contributed by atoms with Crippen molar-refractivity contribution >= 4 is 22.9 Å². The highest BCUT2D eigenvalue weighted by Gasteiger charge is 1.96. The summed E-state index contributed by atoms with van der Waals surface area (Å²) in [4.78, 5) is 8.52. The predicted molar refractivity (Wildman–Crippen MR) is 81.9 cm³/mol. The molecule has 98 valence electrons. The SMILES string of the molecule is Cc1ccccc1NN=Cc1ccc2nccnc2c1. The second kappa shape index (κ2) is 5.48. The molecule has 3 rings (SSSR count). The van der Waals surface area contributed by atoms with Crippen molar-refractivity contribution in [3.8, 4) is 0 Å². The Morgan fingerprint density at radius 1 is 1.00 bits per heavy atom. The number of anilines is 1. The Balaban J connectivity index is 1.79. The van der Waals surface area contributed by atoms with Crippen molar-refractivity contribution in [2.75, 3.05) is 5.43 Å². The molecule has 2 aromatic carbocycles. The summed E-state index contributed by atoms with van der Waals surface area (Å²) in [5.74, 6) is 0. The van der Waals surface area contributed by atoms with Gasteiger partial charge in [-0.3, -0.25) is 15.4 Å². The van der Waals surface area contributed by atoms with Crippen LogP contribution in [0.2, 0.25) is 0 Å². The number of hydrogen-bond acceptors (Lipinski definition) is 4. The fourth-order valence-electron chi connectivity index (χ4n) is 1.94. The third kappa shape index (κ3) is 2.64. The molecule has 1 heterocycles. The van der Waals surface area contributed by atoms with E-state index in [2.05, 4.69) is 20.5 Å². The summed E-state index contributed by atoms with van der Waals surface area (Å²) in [5, 5.41) is 4.26. The van der Waals surface area contributed by atoms with E-state index in [1.54, 1.807) is 18.6 Å². The van der Waals surface area contributed by atoms with E-state index < -0.39 is 0 Å². The molecule has 0 aliphatic heterocycles. The number of hydrogen-bond donors (Lipinski definition) is 1. The second-order valence-corrected chi connectivity index (χ2v) is 4.49. The molecule has 0 aliphatic carbocycles. The largest absolute Gasteiger partial charge is 0.278 e. The fraction of sp³-hybridized carbons (Fsp3) is 0.0625. The highest BCUT2D eigenvalue weighted by molar-refractivity contribution is 5.87. The van der Waals surface area contributed by atoms with Crippen molar-refractivity contribution in [3.63, 3.8) is 0 Å². The highest BCUT2D eigenvalue weighted by atomic mass is 15.3. The first-order valence-electron chi connectivity index (χ1n) is 6.38. The first kappa shape index (κ1) is 12.3. The van der Waals surface area contributed by atoms with Crippen molar-refractivity contribution in [2.45, 2.75) is 6.92 Å². The Hall–Kier alpha value is -2.75. The van der Waals surface area contributed by atoms with E-state index in [1.807, 2.05) is 49.4 Å². The van der Waals surface area contributed by atoms with Crippen LogP contribution in [0, 0.1) is 6.92 Å². The van der Waals surface area contributed by atoms with Gasteiger partial charge in [-0.1, -0.05) is 24.3 Å². The first-order chi connectivity index (χ1) is 9.83. The number of benzene rings is 2. The molecule has 0 radical (unpaired) electrons. The van der Waals surface area contributed by atoms with Gasteiger partial charge in [-0.2, -0.15) is 5.10 Å². The number of aryl methyl sites for hydroxylation is 1. The normalized spacial score (nSPS) is 11.1. The van der Waals surface area contributed by atoms with Gasteiger partial charge in [0.15, 0.2) is 0 Å². The quantitative estimate of drug-likeness (QED) is 0.581. The minimum atomic E-state index is 0.868. The predicted octanol–water partition coefficient (Wildman–Crippen LogP) is 3.38. The van der Waals surface area contributed by atoms with Gasteiger partial charge < -0.3 is 0 Å². The Morgan fingerprint density at radius 2 is 1.80 bits per heavy atom. The van der Waals surface area contributed by atoms with Crippen LogP contribution >= 0.6 is 0 Å². The van der Waals surface area contributed by atoms with Gasteiger partial charge in [0.1, 0.15) is 0 Å². The first-order valence-corrected chi connectivity index (χ1v) is 6.38. The molecule has 0 fully saturated rings. The van der Waals surface area contributed by atoms with Gasteiger partial charge in [0.25, 0.3) is 0 Å². The Labute approximate surface area is 117 Å². The Bertz CT molecular complexity index is 765. The second-order valence-electron chi connectivity index (χ2n) is 4.49. The lowest BCUT2D eigenvalue weighted by Gasteiger charge is -2.03. The Kier molecular flexibility index (Phi) is 3.37. The molecule has 0 amide bonds. The molecule has 4 heteroatoms. The maximum absolute atomic E-state index is 4.28. The third-order valence-electron chi connectivity index (χ3n) is 3.04. The van der Waals surface area contributed by atoms with Crippen LogP contribution in [0.4, 0.5) is 5.69 Å². The van der Waals surface area contributed by atoms with E-state index in [-0.39, 0.29) is 0 Å². The van der Waals surface area contributed by atoms with Crippen LogP contribution in [0.25, 0.3) is 11.0 Å². The number of para-hydroxylation sites is 1. The van der Waals surface area contributed by atoms with Crippen molar-refractivity contribution in [3.05, 3.63) is 66.0 Å². The van der Waals surface area contributed by atoms with Crippen molar-refractivity contribution < 1.29 is 0 Å². The van der Waals surface area contributed by atoms with E-state index >= 15 is 0 Å². The van der Waals surface area contributed by atoms with Crippen LogP contribution < -0.4 is 5.43 Å². The summed E-state index contributed by atoms with van der Waals surface area (Å²) >= 11 is 0. The lowest BCUT2D eigenvalue weighted by atomic mass is 10.2. The number of rotatable bonds is 3. The number of hydrazone groups is 1. The van der Waals surface area contributed by atoms with E-state index in [0.717, 1.165) is 27.8 Å². The molecule has 20 heavy (non-hydrogen) atoms. The zero-order valence-corrected chi connectivity index (χ0v) is 11.1. The smallest absolute Gasteiger partial charge is 0.0893 e. The minimum absolute atomic E-state index is 0.868. The molecule has 0 spiro atoms. The summed E-state index contributed by atoms with van der Waals surface area (Å²) in [7, 11) is 0. The van der Waals surface area contributed by atoms with Crippen molar-refractivity contribution in [1.29, 1.82) is 0 Å². The summed E-state index contributed by atoms with van der Waals surface area (Å²) in [6.07, 6.45) is 5.16. The number of aromatic nitrogens is 2. The van der Waals surface area contributed by atoms with Crippen molar-refractivity contribution in [2.24, 2.45) is 5.10 Å². The van der Waals surface area contributed by atoms with E-state index in [0.29, 0.717) is 0 Å². The molecule has 0 atom stereocenters. The maximum atomic E-state index is 4.28. The molecule has 0 bridgehead atoms. The van der Waals surface area contributed by atoms with Crippen LogP contribution in [0.1, 0.15) is 11.1 Å². The number of nitrogens with one attached hydrogen (secondary N) is 1. The van der Waals surface area contributed by atoms with E-state index in [4.69, 9.17) is 0 Å². The summed E-state index contributed by atoms with van der Waals surface area (Å²) in [6, 6.07) is 13.9. The van der Waals surface area contributed by atoms with Gasteiger partial charge in [-0.15, -0.1) is 0 Å². The van der Waals surface area contributed by atoms with Crippen LogP contribution in [-0.2, 0) is 0 Å². The standard InChI is InChI=1S/C16H14N4/c1-12-4-2-3-5-14(12)20-19-11-13-6-7-15-16(10-13)18-9-8-17-15/h2-11,20H,1H3. The highest BCUT2D eigenvalue weighted by Crippen LogP contribution is 2.13. The average Bonchev–Trinajstić information content (AvgIpc) is 2.49. The molecule has 0 saturated heterocycles. The molecule has 4 nitrogen and oxygen atoms in total. The third-order valence-corrected chi connectivity index (χ3v) is 3.04. The fourth-order valence-corrected chi connectivity index (χ4v) is 1.94. The zero-order chi connectivity index (χ0) is 13.8. The molecular formula is C16H14N4. The Morgan fingerprint density at radius 3 is 2.65 bits per heavy atom. The average molecular weight is 262 g/mol. The summed E-state index contributed by atoms with van der Waals surface area (Å²) in [6.45, 7) is 2.05. The molecule has 0 aliphatic rings. The van der Waals surface area contributed by atoms with Gasteiger partial charge in [0, 0.05) is 12.4 Å². The number of nitrogens with zero attached hydrogens (tertiary/aromatic N) is 3. The zero-order valence-electron chi connectivity index (χ0n) is 11.1. The molecule has 1 N–H and O–H groups in total. The van der Waals surface area contributed by atoms with Crippen molar-refractivity contribution in [1.82, 2.24) is 9.97 Å². The monoisotopic (exact) mass is 262 g/mol. The molecule has 1 aromatic heterocycles.